The van der Waals surface area contributed by atoms with E-state index in [1.54, 1.807) is 6.07 Å². The van der Waals surface area contributed by atoms with Crippen molar-refractivity contribution in [3.8, 4) is 5.75 Å². The molecule has 0 aromatic heterocycles. The summed E-state index contributed by atoms with van der Waals surface area (Å²) in [4.78, 5) is 10.8. The van der Waals surface area contributed by atoms with Crippen LogP contribution >= 0.6 is 0 Å². The summed E-state index contributed by atoms with van der Waals surface area (Å²) in [6.45, 7) is 6.23. The molecule has 1 aromatic carbocycles. The number of nitrogens with two attached hydrogens (primary N) is 1. The minimum Gasteiger partial charge on any atom is -0.508 e. The summed E-state index contributed by atoms with van der Waals surface area (Å²) >= 11 is 0. The Bertz CT molecular complexity index is 378. The lowest BCUT2D eigenvalue weighted by Crippen LogP contribution is -2.15. The average molecular weight is 207 g/mol. The number of carbonyl (C=O) groups is 1. The number of amides is 1. The molecule has 0 spiro atoms. The molecule has 0 unspecified atom stereocenters. The summed E-state index contributed by atoms with van der Waals surface area (Å²) in [5.41, 5.74) is 6.78. The molecule has 82 valence electrons. The van der Waals surface area contributed by atoms with Crippen molar-refractivity contribution in [2.24, 2.45) is 5.73 Å². The molecule has 15 heavy (non-hydrogen) atoms. The number of carbonyl (C=O) groups excluding carboxylic acids is 1. The van der Waals surface area contributed by atoms with E-state index in [1.165, 1.54) is 0 Å². The maximum absolute atomic E-state index is 10.8. The molecule has 0 saturated heterocycles. The van der Waals surface area contributed by atoms with E-state index < -0.39 is 5.91 Å². The van der Waals surface area contributed by atoms with Crippen molar-refractivity contribution in [2.45, 2.75) is 32.6 Å². The van der Waals surface area contributed by atoms with E-state index in [0.29, 0.717) is 5.56 Å². The predicted molar refractivity (Wildman–Crippen MR) is 59.7 cm³/mol. The van der Waals surface area contributed by atoms with Gasteiger partial charge in [0.1, 0.15) is 5.75 Å². The van der Waals surface area contributed by atoms with E-state index in [9.17, 15) is 9.90 Å². The van der Waals surface area contributed by atoms with Crippen LogP contribution in [0.5, 0.6) is 5.75 Å². The van der Waals surface area contributed by atoms with Crippen LogP contribution in [0, 0.1) is 0 Å². The normalized spacial score (nSPS) is 11.4. The van der Waals surface area contributed by atoms with Gasteiger partial charge in [0.2, 0.25) is 5.91 Å². The first-order valence-electron chi connectivity index (χ1n) is 4.91. The highest BCUT2D eigenvalue weighted by atomic mass is 16.3. The Morgan fingerprint density at radius 3 is 2.47 bits per heavy atom. The summed E-state index contributed by atoms with van der Waals surface area (Å²) in [6, 6.07) is 5.30. The Balaban J connectivity index is 3.11. The van der Waals surface area contributed by atoms with Crippen LogP contribution in [0.2, 0.25) is 0 Å². The lowest BCUT2D eigenvalue weighted by Gasteiger charge is -2.20. The number of hydrogen-bond donors (Lipinski definition) is 2. The quantitative estimate of drug-likeness (QED) is 0.775. The maximum Gasteiger partial charge on any atom is 0.221 e. The van der Waals surface area contributed by atoms with Crippen LogP contribution in [0.15, 0.2) is 18.2 Å². The summed E-state index contributed by atoms with van der Waals surface area (Å²) in [5.74, 6) is -0.307. The molecule has 3 N–H and O–H groups in total. The zero-order valence-electron chi connectivity index (χ0n) is 9.37. The van der Waals surface area contributed by atoms with E-state index in [4.69, 9.17) is 5.73 Å². The summed E-state index contributed by atoms with van der Waals surface area (Å²) in [6.07, 6.45) is 0.0791. The van der Waals surface area contributed by atoms with Crippen molar-refractivity contribution in [1.82, 2.24) is 0 Å². The highest BCUT2D eigenvalue weighted by Gasteiger charge is 2.15. The van der Waals surface area contributed by atoms with Gasteiger partial charge in [0.25, 0.3) is 0 Å². The number of rotatable bonds is 2. The fraction of sp³-hybridized carbons (Fsp3) is 0.417. The molecule has 1 amide bonds. The number of phenols is 1. The molecule has 0 saturated carbocycles. The van der Waals surface area contributed by atoms with Crippen molar-refractivity contribution < 1.29 is 9.90 Å². The highest BCUT2D eigenvalue weighted by molar-refractivity contribution is 5.77. The monoisotopic (exact) mass is 207 g/mol. The molecule has 0 aliphatic carbocycles. The molecule has 0 aliphatic heterocycles. The Morgan fingerprint density at radius 2 is 2.00 bits per heavy atom. The van der Waals surface area contributed by atoms with Crippen LogP contribution < -0.4 is 5.73 Å². The fourth-order valence-electron chi connectivity index (χ4n) is 1.38. The van der Waals surface area contributed by atoms with Crippen LogP contribution in [0.1, 0.15) is 31.9 Å². The Hall–Kier alpha value is -1.51. The van der Waals surface area contributed by atoms with E-state index in [1.807, 2.05) is 12.1 Å². The molecule has 0 aliphatic rings. The standard InChI is InChI=1S/C12H17NO2/c1-12(2,3)9-4-5-10(14)8(6-9)7-11(13)15/h4-6,14H,7H2,1-3H3,(H2,13,15). The molecule has 0 atom stereocenters. The molecular formula is C12H17NO2. The molecule has 3 heteroatoms. The number of primary amides is 1. The third kappa shape index (κ3) is 2.98. The molecular weight excluding hydrogens is 190 g/mol. The second-order valence-corrected chi connectivity index (χ2v) is 4.74. The topological polar surface area (TPSA) is 63.3 Å². The van der Waals surface area contributed by atoms with Gasteiger partial charge >= 0.3 is 0 Å². The van der Waals surface area contributed by atoms with Crippen molar-refractivity contribution >= 4 is 5.91 Å². The SMILES string of the molecule is CC(C)(C)c1ccc(O)c(CC(N)=O)c1. The molecule has 1 aromatic rings. The molecule has 0 bridgehead atoms. The van der Waals surface area contributed by atoms with Gasteiger partial charge in [0, 0.05) is 5.56 Å². The fourth-order valence-corrected chi connectivity index (χ4v) is 1.38. The Morgan fingerprint density at radius 1 is 1.40 bits per heavy atom. The van der Waals surface area contributed by atoms with E-state index in [0.717, 1.165) is 5.56 Å². The second-order valence-electron chi connectivity index (χ2n) is 4.74. The van der Waals surface area contributed by atoms with Crippen molar-refractivity contribution in [3.05, 3.63) is 29.3 Å². The first-order valence-corrected chi connectivity index (χ1v) is 4.91. The first kappa shape index (κ1) is 11.6. The lowest BCUT2D eigenvalue weighted by atomic mass is 9.85. The predicted octanol–water partition coefficient (Wildman–Crippen LogP) is 1.72. The van der Waals surface area contributed by atoms with Crippen LogP contribution in [0.25, 0.3) is 0 Å². The van der Waals surface area contributed by atoms with Crippen molar-refractivity contribution in [1.29, 1.82) is 0 Å². The number of benzene rings is 1. The number of hydrogen-bond acceptors (Lipinski definition) is 2. The molecule has 0 fully saturated rings. The van der Waals surface area contributed by atoms with E-state index in [2.05, 4.69) is 20.8 Å². The third-order valence-electron chi connectivity index (χ3n) is 2.31. The van der Waals surface area contributed by atoms with Gasteiger partial charge in [-0.1, -0.05) is 32.9 Å². The van der Waals surface area contributed by atoms with Gasteiger partial charge < -0.3 is 10.8 Å². The zero-order chi connectivity index (χ0) is 11.6. The van der Waals surface area contributed by atoms with Crippen LogP contribution in [-0.2, 0) is 16.6 Å². The van der Waals surface area contributed by atoms with E-state index >= 15 is 0 Å². The first-order chi connectivity index (χ1) is 6.80. The average Bonchev–Trinajstić information content (AvgIpc) is 2.06. The van der Waals surface area contributed by atoms with Crippen molar-refractivity contribution in [3.63, 3.8) is 0 Å². The van der Waals surface area contributed by atoms with Gasteiger partial charge in [0.05, 0.1) is 6.42 Å². The molecule has 0 heterocycles. The van der Waals surface area contributed by atoms with Gasteiger partial charge in [-0.25, -0.2) is 0 Å². The number of phenolic OH excluding ortho intramolecular Hbond substituents is 1. The van der Waals surface area contributed by atoms with Gasteiger partial charge in [-0.2, -0.15) is 0 Å². The lowest BCUT2D eigenvalue weighted by molar-refractivity contribution is -0.117. The molecule has 1 rings (SSSR count). The van der Waals surface area contributed by atoms with Crippen LogP contribution in [0.3, 0.4) is 0 Å². The molecule has 0 radical (unpaired) electrons. The maximum atomic E-state index is 10.8. The minimum atomic E-state index is -0.434. The smallest absolute Gasteiger partial charge is 0.221 e. The van der Waals surface area contributed by atoms with Crippen molar-refractivity contribution in [2.75, 3.05) is 0 Å². The van der Waals surface area contributed by atoms with E-state index in [-0.39, 0.29) is 17.6 Å². The Labute approximate surface area is 89.9 Å². The summed E-state index contributed by atoms with van der Waals surface area (Å²) in [7, 11) is 0. The minimum absolute atomic E-state index is 0.0000954. The molecule has 3 nitrogen and oxygen atoms in total. The Kier molecular flexibility index (Phi) is 3.03. The van der Waals surface area contributed by atoms with Crippen LogP contribution in [-0.4, -0.2) is 11.0 Å². The van der Waals surface area contributed by atoms with Gasteiger partial charge in [-0.3, -0.25) is 4.79 Å². The number of aromatic hydroxyl groups is 1. The largest absolute Gasteiger partial charge is 0.508 e. The second kappa shape index (κ2) is 3.93. The summed E-state index contributed by atoms with van der Waals surface area (Å²) < 4.78 is 0. The third-order valence-corrected chi connectivity index (χ3v) is 2.31. The zero-order valence-corrected chi connectivity index (χ0v) is 9.37. The van der Waals surface area contributed by atoms with Gasteiger partial charge in [-0.15, -0.1) is 0 Å². The highest BCUT2D eigenvalue weighted by Crippen LogP contribution is 2.27. The summed E-state index contributed by atoms with van der Waals surface area (Å²) in [5, 5.41) is 9.54. The van der Waals surface area contributed by atoms with Gasteiger partial charge in [-0.05, 0) is 17.0 Å². The van der Waals surface area contributed by atoms with Crippen LogP contribution in [0.4, 0.5) is 0 Å². The van der Waals surface area contributed by atoms with Gasteiger partial charge in [0.15, 0.2) is 0 Å².